The molecule has 2 N–H and O–H groups in total. The van der Waals surface area contributed by atoms with Gasteiger partial charge in [-0.15, -0.1) is 5.92 Å². The second-order valence-corrected chi connectivity index (χ2v) is 8.18. The Kier molecular flexibility index (Phi) is 5.92. The van der Waals surface area contributed by atoms with Crippen molar-refractivity contribution in [3.8, 4) is 17.6 Å². The normalized spacial score (nSPS) is 22.4. The quantitative estimate of drug-likeness (QED) is 0.780. The van der Waals surface area contributed by atoms with Gasteiger partial charge >= 0.3 is 0 Å². The largest absolute Gasteiger partial charge is 0.483 e. The molecule has 1 aliphatic carbocycles. The summed E-state index contributed by atoms with van der Waals surface area (Å²) in [6.07, 6.45) is 3.37. The smallest absolute Gasteiger partial charge is 0.140 e. The fourth-order valence-corrected chi connectivity index (χ4v) is 4.67. The van der Waals surface area contributed by atoms with Crippen molar-refractivity contribution in [3.63, 3.8) is 0 Å². The molecule has 1 fully saturated rings. The molecular weight excluding hydrogens is 368 g/mol. The van der Waals surface area contributed by atoms with Gasteiger partial charge in [-0.2, -0.15) is 0 Å². The SMILES string of the molecule is CC#Cc1cc(Cl)ccc1O[C@@H]1c2ccccc2C[C@H]1N1CCC(CN)CC1. The maximum atomic E-state index is 6.63. The molecule has 0 bridgehead atoms. The average molecular weight is 395 g/mol. The Balaban J connectivity index is 1.63. The molecule has 1 heterocycles. The van der Waals surface area contributed by atoms with Gasteiger partial charge in [0.1, 0.15) is 11.9 Å². The number of likely N-dealkylation sites (tertiary alicyclic amines) is 1. The highest BCUT2D eigenvalue weighted by molar-refractivity contribution is 6.30. The van der Waals surface area contributed by atoms with E-state index in [0.29, 0.717) is 17.0 Å². The molecule has 4 rings (SSSR count). The first-order valence-corrected chi connectivity index (χ1v) is 10.5. The van der Waals surface area contributed by atoms with E-state index in [1.54, 1.807) is 0 Å². The summed E-state index contributed by atoms with van der Waals surface area (Å²) in [6, 6.07) is 14.7. The number of ether oxygens (including phenoxy) is 1. The summed E-state index contributed by atoms with van der Waals surface area (Å²) in [6.45, 7) is 4.80. The molecule has 0 unspecified atom stereocenters. The van der Waals surface area contributed by atoms with Gasteiger partial charge in [-0.05, 0) is 81.1 Å². The maximum Gasteiger partial charge on any atom is 0.140 e. The van der Waals surface area contributed by atoms with Gasteiger partial charge in [-0.1, -0.05) is 41.8 Å². The summed E-state index contributed by atoms with van der Waals surface area (Å²) in [5, 5.41) is 0.678. The van der Waals surface area contributed by atoms with Crippen molar-refractivity contribution in [3.05, 3.63) is 64.2 Å². The first-order chi connectivity index (χ1) is 13.7. The minimum Gasteiger partial charge on any atom is -0.483 e. The Morgan fingerprint density at radius 2 is 1.96 bits per heavy atom. The Bertz CT molecular complexity index is 893. The first kappa shape index (κ1) is 19.3. The lowest BCUT2D eigenvalue weighted by Crippen LogP contribution is -2.45. The Morgan fingerprint density at radius 3 is 2.71 bits per heavy atom. The molecule has 1 saturated heterocycles. The molecule has 0 amide bonds. The number of hydrogen-bond acceptors (Lipinski definition) is 3. The van der Waals surface area contributed by atoms with Crippen molar-refractivity contribution in [2.24, 2.45) is 11.7 Å². The highest BCUT2D eigenvalue weighted by atomic mass is 35.5. The lowest BCUT2D eigenvalue weighted by Gasteiger charge is -2.38. The van der Waals surface area contributed by atoms with E-state index in [1.165, 1.54) is 24.0 Å². The van der Waals surface area contributed by atoms with E-state index in [0.717, 1.165) is 37.4 Å². The molecule has 2 aromatic carbocycles. The number of fused-ring (bicyclic) bond motifs is 1. The number of halogens is 1. The molecule has 146 valence electrons. The summed E-state index contributed by atoms with van der Waals surface area (Å²) in [4.78, 5) is 2.60. The van der Waals surface area contributed by atoms with E-state index in [-0.39, 0.29) is 6.10 Å². The van der Waals surface area contributed by atoms with Crippen LogP contribution >= 0.6 is 11.6 Å². The van der Waals surface area contributed by atoms with Gasteiger partial charge in [0.25, 0.3) is 0 Å². The molecule has 3 nitrogen and oxygen atoms in total. The van der Waals surface area contributed by atoms with Crippen LogP contribution in [0.3, 0.4) is 0 Å². The van der Waals surface area contributed by atoms with Crippen molar-refractivity contribution in [2.45, 2.75) is 38.3 Å². The molecule has 28 heavy (non-hydrogen) atoms. The number of benzene rings is 2. The number of nitrogens with zero attached hydrogens (tertiary/aromatic N) is 1. The number of hydrogen-bond donors (Lipinski definition) is 1. The van der Waals surface area contributed by atoms with Crippen LogP contribution in [-0.2, 0) is 6.42 Å². The average Bonchev–Trinajstić information content (AvgIpc) is 3.09. The topological polar surface area (TPSA) is 38.5 Å². The molecule has 0 saturated carbocycles. The molecule has 2 atom stereocenters. The summed E-state index contributed by atoms with van der Waals surface area (Å²) in [7, 11) is 0. The minimum absolute atomic E-state index is 0.00390. The first-order valence-electron chi connectivity index (χ1n) is 10.1. The van der Waals surface area contributed by atoms with E-state index in [2.05, 4.69) is 41.0 Å². The highest BCUT2D eigenvalue weighted by Gasteiger charge is 2.39. The Morgan fingerprint density at radius 1 is 1.18 bits per heavy atom. The lowest BCUT2D eigenvalue weighted by atomic mass is 9.95. The van der Waals surface area contributed by atoms with E-state index in [1.807, 2.05) is 25.1 Å². The van der Waals surface area contributed by atoms with Crippen LogP contribution in [0.1, 0.15) is 42.6 Å². The van der Waals surface area contributed by atoms with Crippen LogP contribution in [0.4, 0.5) is 0 Å². The van der Waals surface area contributed by atoms with Crippen molar-refractivity contribution in [2.75, 3.05) is 19.6 Å². The Hall–Kier alpha value is -1.99. The molecule has 2 aromatic rings. The zero-order chi connectivity index (χ0) is 19.5. The molecule has 0 aromatic heterocycles. The zero-order valence-corrected chi connectivity index (χ0v) is 17.1. The molecule has 2 aliphatic rings. The van der Waals surface area contributed by atoms with E-state index in [9.17, 15) is 0 Å². The number of rotatable bonds is 4. The predicted octanol–water partition coefficient (Wildman–Crippen LogP) is 4.43. The van der Waals surface area contributed by atoms with Crippen LogP contribution in [0, 0.1) is 17.8 Å². The third-order valence-corrected chi connectivity index (χ3v) is 6.28. The van der Waals surface area contributed by atoms with Crippen LogP contribution in [0.5, 0.6) is 5.75 Å². The van der Waals surface area contributed by atoms with Gasteiger partial charge in [-0.3, -0.25) is 4.90 Å². The number of piperidine rings is 1. The predicted molar refractivity (Wildman–Crippen MR) is 115 cm³/mol. The second-order valence-electron chi connectivity index (χ2n) is 7.74. The fraction of sp³-hybridized carbons (Fsp3) is 0.417. The van der Waals surface area contributed by atoms with E-state index >= 15 is 0 Å². The Labute approximate surface area is 172 Å². The van der Waals surface area contributed by atoms with Crippen LogP contribution < -0.4 is 10.5 Å². The van der Waals surface area contributed by atoms with Crippen molar-refractivity contribution in [1.29, 1.82) is 0 Å². The van der Waals surface area contributed by atoms with Crippen molar-refractivity contribution >= 4 is 11.6 Å². The van der Waals surface area contributed by atoms with Crippen LogP contribution in [-0.4, -0.2) is 30.6 Å². The summed E-state index contributed by atoms with van der Waals surface area (Å²) < 4.78 is 6.63. The molecule has 4 heteroatoms. The summed E-state index contributed by atoms with van der Waals surface area (Å²) in [5.74, 6) is 7.57. The molecular formula is C24H27ClN2O. The van der Waals surface area contributed by atoms with Gasteiger partial charge in [0.15, 0.2) is 0 Å². The zero-order valence-electron chi connectivity index (χ0n) is 16.3. The van der Waals surface area contributed by atoms with Gasteiger partial charge in [0.05, 0.1) is 11.6 Å². The van der Waals surface area contributed by atoms with Gasteiger partial charge < -0.3 is 10.5 Å². The molecule has 0 radical (unpaired) electrons. The third-order valence-electron chi connectivity index (χ3n) is 6.05. The van der Waals surface area contributed by atoms with Gasteiger partial charge in [0, 0.05) is 5.02 Å². The van der Waals surface area contributed by atoms with E-state index < -0.39 is 0 Å². The highest BCUT2D eigenvalue weighted by Crippen LogP contribution is 2.40. The molecule has 1 aliphatic heterocycles. The molecule has 0 spiro atoms. The van der Waals surface area contributed by atoms with Gasteiger partial charge in [0.2, 0.25) is 0 Å². The lowest BCUT2D eigenvalue weighted by molar-refractivity contribution is 0.0537. The second kappa shape index (κ2) is 8.57. The van der Waals surface area contributed by atoms with Crippen LogP contribution in [0.15, 0.2) is 42.5 Å². The number of nitrogens with two attached hydrogens (primary N) is 1. The minimum atomic E-state index is 0.00390. The van der Waals surface area contributed by atoms with Crippen molar-refractivity contribution < 1.29 is 4.74 Å². The monoisotopic (exact) mass is 394 g/mol. The third kappa shape index (κ3) is 3.91. The summed E-state index contributed by atoms with van der Waals surface area (Å²) in [5.41, 5.74) is 9.41. The van der Waals surface area contributed by atoms with Crippen LogP contribution in [0.2, 0.25) is 5.02 Å². The van der Waals surface area contributed by atoms with Gasteiger partial charge in [-0.25, -0.2) is 0 Å². The van der Waals surface area contributed by atoms with Crippen molar-refractivity contribution in [1.82, 2.24) is 4.90 Å². The van der Waals surface area contributed by atoms with E-state index in [4.69, 9.17) is 22.1 Å². The standard InChI is InChI=1S/C24H27ClN2O/c1-2-5-19-14-20(25)8-9-23(19)28-24-21-7-4-3-6-18(21)15-22(24)27-12-10-17(16-26)11-13-27/h3-4,6-9,14,17,22,24H,10-13,15-16,26H2,1H3/t22-,24-/m1/s1. The van der Waals surface area contributed by atoms with Crippen LogP contribution in [0.25, 0.3) is 0 Å². The summed E-state index contributed by atoms with van der Waals surface area (Å²) >= 11 is 6.19. The maximum absolute atomic E-state index is 6.63. The fourth-order valence-electron chi connectivity index (χ4n) is 4.49.